The molecule has 0 unspecified atom stereocenters. The molecule has 1 aliphatic heterocycles. The van der Waals surface area contributed by atoms with Gasteiger partial charge in [0.1, 0.15) is 11.5 Å². The third-order valence-electron chi connectivity index (χ3n) is 4.99. The molecule has 0 fully saturated rings. The van der Waals surface area contributed by atoms with Gasteiger partial charge in [-0.25, -0.2) is 18.4 Å². The van der Waals surface area contributed by atoms with Gasteiger partial charge in [0.2, 0.25) is 16.0 Å². The van der Waals surface area contributed by atoms with Gasteiger partial charge in [0, 0.05) is 37.9 Å². The van der Waals surface area contributed by atoms with Gasteiger partial charge in [-0.15, -0.1) is 24.8 Å². The van der Waals surface area contributed by atoms with Crippen LogP contribution in [0.25, 0.3) is 0 Å². The highest BCUT2D eigenvalue weighted by molar-refractivity contribution is 7.92. The zero-order valence-corrected chi connectivity index (χ0v) is 20.6. The van der Waals surface area contributed by atoms with E-state index >= 15 is 0 Å². The highest BCUT2D eigenvalue weighted by Gasteiger charge is 2.18. The lowest BCUT2D eigenvalue weighted by Crippen LogP contribution is -2.27. The van der Waals surface area contributed by atoms with Gasteiger partial charge in [0.15, 0.2) is 5.82 Å². The molecule has 10 nitrogen and oxygen atoms in total. The number of halogens is 2. The van der Waals surface area contributed by atoms with Gasteiger partial charge in [0.25, 0.3) is 0 Å². The van der Waals surface area contributed by atoms with Gasteiger partial charge >= 0.3 is 0 Å². The lowest BCUT2D eigenvalue weighted by Gasteiger charge is -2.18. The first-order chi connectivity index (χ1) is 14.9. The van der Waals surface area contributed by atoms with E-state index in [4.69, 9.17) is 0 Å². The van der Waals surface area contributed by atoms with Crippen molar-refractivity contribution in [2.45, 2.75) is 19.5 Å². The summed E-state index contributed by atoms with van der Waals surface area (Å²) in [4.78, 5) is 17.2. The van der Waals surface area contributed by atoms with Crippen LogP contribution in [0.4, 0.5) is 23.3 Å². The Balaban J connectivity index is 0.00000193. The van der Waals surface area contributed by atoms with Crippen LogP contribution >= 0.6 is 24.8 Å². The van der Waals surface area contributed by atoms with Gasteiger partial charge in [-0.05, 0) is 42.3 Å². The van der Waals surface area contributed by atoms with Crippen LogP contribution in [0.5, 0.6) is 0 Å². The van der Waals surface area contributed by atoms with Crippen molar-refractivity contribution in [2.24, 2.45) is 0 Å². The predicted octanol–water partition coefficient (Wildman–Crippen LogP) is 2.51. The van der Waals surface area contributed by atoms with Crippen molar-refractivity contribution in [1.29, 1.82) is 0 Å². The summed E-state index contributed by atoms with van der Waals surface area (Å²) in [5, 5.41) is 9.77. The molecule has 0 spiro atoms. The van der Waals surface area contributed by atoms with Crippen LogP contribution in [-0.2, 0) is 29.5 Å². The third-order valence-corrected chi connectivity index (χ3v) is 6.16. The van der Waals surface area contributed by atoms with Crippen molar-refractivity contribution in [1.82, 2.24) is 25.3 Å². The fourth-order valence-electron chi connectivity index (χ4n) is 3.28. The first-order valence-electron chi connectivity index (χ1n) is 9.80. The summed E-state index contributed by atoms with van der Waals surface area (Å²) in [6.07, 6.45) is 6.76. The van der Waals surface area contributed by atoms with E-state index < -0.39 is 10.0 Å². The monoisotopic (exact) mass is 512 g/mol. The van der Waals surface area contributed by atoms with E-state index in [1.807, 2.05) is 6.07 Å². The van der Waals surface area contributed by atoms with Gasteiger partial charge < -0.3 is 16.0 Å². The Labute approximate surface area is 205 Å². The largest absolute Gasteiger partial charge is 0.364 e. The van der Waals surface area contributed by atoms with Crippen molar-refractivity contribution >= 4 is 58.1 Å². The lowest BCUT2D eigenvalue weighted by molar-refractivity contribution is 0.599. The second-order valence-electron chi connectivity index (χ2n) is 7.21. The van der Waals surface area contributed by atoms with Crippen LogP contribution in [0.1, 0.15) is 16.8 Å². The molecule has 0 amide bonds. The normalized spacial score (nSPS) is 12.5. The van der Waals surface area contributed by atoms with Crippen molar-refractivity contribution < 1.29 is 8.42 Å². The van der Waals surface area contributed by atoms with Crippen LogP contribution in [-0.4, -0.2) is 48.2 Å². The Bertz CT molecular complexity index is 1200. The Hall–Kier alpha value is -2.73. The summed E-state index contributed by atoms with van der Waals surface area (Å²) in [6, 6.07) is 7.99. The average molecular weight is 513 g/mol. The maximum absolute atomic E-state index is 11.9. The van der Waals surface area contributed by atoms with Crippen molar-refractivity contribution in [2.75, 3.05) is 34.8 Å². The number of nitrogens with zero attached hydrogens (tertiary/aromatic N) is 5. The minimum Gasteiger partial charge on any atom is -0.364 e. The van der Waals surface area contributed by atoms with Crippen LogP contribution in [0, 0.1) is 0 Å². The predicted molar refractivity (Wildman–Crippen MR) is 134 cm³/mol. The quantitative estimate of drug-likeness (QED) is 0.437. The molecule has 0 radical (unpaired) electrons. The zero-order chi connectivity index (χ0) is 21.8. The van der Waals surface area contributed by atoms with E-state index in [0.29, 0.717) is 17.5 Å². The van der Waals surface area contributed by atoms with Crippen LogP contribution in [0.15, 0.2) is 42.9 Å². The zero-order valence-electron chi connectivity index (χ0n) is 18.1. The number of hydrogen-bond acceptors (Lipinski definition) is 9. The van der Waals surface area contributed by atoms with Crippen molar-refractivity contribution in [3.8, 4) is 0 Å². The van der Waals surface area contributed by atoms with E-state index in [1.165, 1.54) is 30.6 Å². The van der Waals surface area contributed by atoms with E-state index in [-0.39, 0.29) is 37.2 Å². The summed E-state index contributed by atoms with van der Waals surface area (Å²) in [6.45, 7) is 2.13. The number of nitrogens with one attached hydrogen (secondary N) is 3. The van der Waals surface area contributed by atoms with Crippen molar-refractivity contribution in [3.05, 3.63) is 59.7 Å². The van der Waals surface area contributed by atoms with Crippen LogP contribution < -0.4 is 20.3 Å². The third kappa shape index (κ3) is 6.64. The molecule has 3 heterocycles. The summed E-state index contributed by atoms with van der Waals surface area (Å²) >= 11 is 0. The smallest absolute Gasteiger partial charge is 0.233 e. The molecule has 0 bridgehead atoms. The molecule has 0 saturated heterocycles. The maximum atomic E-state index is 11.9. The summed E-state index contributed by atoms with van der Waals surface area (Å²) in [7, 11) is -2.00. The number of fused-ring (bicyclic) bond motifs is 1. The molecule has 0 atom stereocenters. The first kappa shape index (κ1) is 26.5. The SMILES string of the molecule is CN(c1nccnc1CNc1ccnc(Nc2ccc3c(c2)CCNC3)n1)S(C)(=O)=O.Cl.Cl. The standard InChI is InChI=1S/C20H24N8O2S.2ClH/c1-28(31(2,29)30)19-17(22-9-10-23-19)13-25-18-6-8-24-20(27-18)26-16-4-3-15-12-21-7-5-14(15)11-16;;/h3-4,6,8-11,21H,5,7,12-13H2,1-2H3,(H2,24,25,26,27);2*1H. The van der Waals surface area contributed by atoms with Gasteiger partial charge in [-0.3, -0.25) is 9.29 Å². The fraction of sp³-hybridized carbons (Fsp3) is 0.300. The minimum atomic E-state index is -3.45. The van der Waals surface area contributed by atoms with E-state index in [9.17, 15) is 8.42 Å². The number of sulfonamides is 1. The van der Waals surface area contributed by atoms with Gasteiger partial charge in [0.05, 0.1) is 12.8 Å². The molecule has 3 N–H and O–H groups in total. The molecule has 0 saturated carbocycles. The maximum Gasteiger partial charge on any atom is 0.233 e. The molecular weight excluding hydrogens is 487 g/mol. The van der Waals surface area contributed by atoms with E-state index in [1.54, 1.807) is 12.3 Å². The highest BCUT2D eigenvalue weighted by atomic mass is 35.5. The molecule has 13 heteroatoms. The second-order valence-corrected chi connectivity index (χ2v) is 9.23. The molecule has 0 aliphatic carbocycles. The molecule has 178 valence electrons. The second kappa shape index (κ2) is 11.4. The molecule has 2 aromatic heterocycles. The number of anilines is 4. The molecule has 1 aliphatic rings. The Kier molecular flexibility index (Phi) is 9.17. The lowest BCUT2D eigenvalue weighted by atomic mass is 10.0. The number of aromatic nitrogens is 4. The topological polar surface area (TPSA) is 125 Å². The number of hydrogen-bond donors (Lipinski definition) is 3. The van der Waals surface area contributed by atoms with E-state index in [2.05, 4.69) is 48.0 Å². The van der Waals surface area contributed by atoms with Gasteiger partial charge in [-0.1, -0.05) is 6.07 Å². The average Bonchev–Trinajstić information content (AvgIpc) is 2.77. The fourth-order valence-corrected chi connectivity index (χ4v) is 3.75. The molecule has 3 aromatic rings. The summed E-state index contributed by atoms with van der Waals surface area (Å²) in [5.41, 5.74) is 4.06. The number of rotatable bonds is 7. The Morgan fingerprint density at radius 3 is 2.64 bits per heavy atom. The Morgan fingerprint density at radius 2 is 1.85 bits per heavy atom. The molecular formula is C20H26Cl2N8O2S. The first-order valence-corrected chi connectivity index (χ1v) is 11.7. The van der Waals surface area contributed by atoms with Crippen LogP contribution in [0.2, 0.25) is 0 Å². The summed E-state index contributed by atoms with van der Waals surface area (Å²) < 4.78 is 24.8. The highest BCUT2D eigenvalue weighted by Crippen LogP contribution is 2.22. The molecule has 4 rings (SSSR count). The van der Waals surface area contributed by atoms with E-state index in [0.717, 1.165) is 35.8 Å². The van der Waals surface area contributed by atoms with Crippen LogP contribution in [0.3, 0.4) is 0 Å². The number of benzene rings is 1. The molecule has 1 aromatic carbocycles. The van der Waals surface area contributed by atoms with Gasteiger partial charge in [-0.2, -0.15) is 4.98 Å². The molecule has 33 heavy (non-hydrogen) atoms. The summed E-state index contributed by atoms with van der Waals surface area (Å²) in [5.74, 6) is 1.32. The minimum absolute atomic E-state index is 0. The van der Waals surface area contributed by atoms with Crippen molar-refractivity contribution in [3.63, 3.8) is 0 Å². The Morgan fingerprint density at radius 1 is 1.06 bits per heavy atom.